The second-order valence-corrected chi connectivity index (χ2v) is 24.4. The number of fused-ring (bicyclic) bond motifs is 20. The van der Waals surface area contributed by atoms with Crippen molar-refractivity contribution < 1.29 is 151 Å². The van der Waals surface area contributed by atoms with Gasteiger partial charge in [0.2, 0.25) is 0 Å². The first-order valence-corrected chi connectivity index (χ1v) is 34.1. The smallest absolute Gasteiger partial charge is 0.377 e. The summed E-state index contributed by atoms with van der Waals surface area (Å²) in [5, 5.41) is 0. The first-order chi connectivity index (χ1) is 43.8. The molecule has 4 aliphatic heterocycles. The van der Waals surface area contributed by atoms with Crippen molar-refractivity contribution in [2.45, 2.75) is 124 Å². The molecule has 20 heteroatoms. The zero-order valence-electron chi connectivity index (χ0n) is 57.2. The molecular formula is C72H108Li4O16. The molecule has 0 unspecified atom stereocenters. The summed E-state index contributed by atoms with van der Waals surface area (Å²) in [5.41, 5.74) is 13.4. The molecule has 8 bridgehead atoms. The van der Waals surface area contributed by atoms with Crippen molar-refractivity contribution in [2.24, 2.45) is 0 Å². The molecule has 0 radical (unpaired) electrons. The Balaban J connectivity index is 0.000000190. The van der Waals surface area contributed by atoms with Gasteiger partial charge in [-0.3, -0.25) is 0 Å². The molecule has 496 valence electrons. The summed E-state index contributed by atoms with van der Waals surface area (Å²) in [6.07, 6.45) is 17.5. The molecule has 0 N–H and O–H groups in total. The van der Waals surface area contributed by atoms with Crippen LogP contribution in [0.3, 0.4) is 0 Å². The van der Waals surface area contributed by atoms with Crippen LogP contribution < -0.4 is 75.4 Å². The van der Waals surface area contributed by atoms with Gasteiger partial charge >= 0.3 is 75.4 Å². The zero-order chi connectivity index (χ0) is 60.1. The maximum Gasteiger partial charge on any atom is 1.00 e. The molecule has 4 heterocycles. The molecule has 0 amide bonds. The van der Waals surface area contributed by atoms with Crippen LogP contribution in [-0.4, -0.2) is 211 Å². The first kappa shape index (κ1) is 81.8. The predicted molar refractivity (Wildman–Crippen MR) is 339 cm³/mol. The van der Waals surface area contributed by atoms with Crippen molar-refractivity contribution in [1.82, 2.24) is 0 Å². The van der Waals surface area contributed by atoms with Crippen LogP contribution in [0.15, 0.2) is 72.8 Å². The van der Waals surface area contributed by atoms with Gasteiger partial charge in [0.25, 0.3) is 0 Å². The Kier molecular flexibility index (Phi) is 44.9. The summed E-state index contributed by atoms with van der Waals surface area (Å²) in [4.78, 5) is 0. The standard InChI is InChI=1S/4C10H11.4C8H16O4.4Li/c4*1-2-9-7-4-5-8(6-7)10(9)3-1;4*1-2-10-5-6-12-8-7-11-4-3-9-1;;;;/h4*1-3,7-8H,4-6H2;4*1-8H2;;;;/q4*-1;;;;;4*+1/t4*7-,8+;;;;;;;;. The van der Waals surface area contributed by atoms with E-state index in [1.165, 1.54) is 77.0 Å². The number of hydrogen-bond donors (Lipinski definition) is 0. The SMILES string of the molecule is C1COCCOCCOCCO1.C1COCCOCCOCCO1.C1COCCOCCOCCO1.C1COCCOCCOCCO1.[Li+].[Li+].[Li+].[Li+].c1cc2c([cH-]1)[C@@H]1CC[C@H]2C1.c1cc2c([cH-]1)[C@@H]1CC[C@H]2C1.c1cc2c([cH-]1)[C@@H]1CC[C@H]2C1.c1cc2c([cH-]1)[C@@H]1CC[C@H]2C1. The van der Waals surface area contributed by atoms with E-state index in [4.69, 9.17) is 75.8 Å². The molecule has 4 saturated carbocycles. The Morgan fingerprint density at radius 3 is 0.424 bits per heavy atom. The molecule has 12 aliphatic rings. The molecule has 4 saturated heterocycles. The van der Waals surface area contributed by atoms with E-state index in [2.05, 4.69) is 72.8 Å². The average molecular weight is 1260 g/mol. The second kappa shape index (κ2) is 50.5. The van der Waals surface area contributed by atoms with Gasteiger partial charge in [-0.15, -0.1) is 0 Å². The van der Waals surface area contributed by atoms with Gasteiger partial charge in [-0.1, -0.05) is 75.0 Å². The van der Waals surface area contributed by atoms with Gasteiger partial charge in [-0.25, -0.2) is 24.3 Å². The molecule has 16 nitrogen and oxygen atoms in total. The minimum atomic E-state index is 0. The van der Waals surface area contributed by atoms with Gasteiger partial charge in [-0.2, -0.15) is 93.0 Å². The predicted octanol–water partition coefficient (Wildman–Crippen LogP) is -0.638. The van der Waals surface area contributed by atoms with Crippen molar-refractivity contribution >= 4 is 0 Å². The quantitative estimate of drug-likeness (QED) is 0.163. The molecule has 92 heavy (non-hydrogen) atoms. The summed E-state index contributed by atoms with van der Waals surface area (Å²) in [5.74, 6) is 7.63. The summed E-state index contributed by atoms with van der Waals surface area (Å²) in [6, 6.07) is 27.4. The number of hydrogen-bond acceptors (Lipinski definition) is 16. The molecule has 16 rings (SSSR count). The van der Waals surface area contributed by atoms with Crippen LogP contribution in [-0.2, 0) is 75.8 Å². The monoisotopic (exact) mass is 1260 g/mol. The fraction of sp³-hybridized carbons (Fsp3) is 0.722. The minimum Gasteiger partial charge on any atom is -0.377 e. The maximum atomic E-state index is 5.22. The van der Waals surface area contributed by atoms with Crippen molar-refractivity contribution in [1.29, 1.82) is 0 Å². The topological polar surface area (TPSA) is 148 Å². The zero-order valence-corrected chi connectivity index (χ0v) is 57.2. The fourth-order valence-corrected chi connectivity index (χ4v) is 14.5. The molecule has 8 atom stereocenters. The van der Waals surface area contributed by atoms with Crippen LogP contribution in [0.5, 0.6) is 0 Å². The summed E-state index contributed by atoms with van der Waals surface area (Å²) >= 11 is 0. The van der Waals surface area contributed by atoms with E-state index in [9.17, 15) is 0 Å². The van der Waals surface area contributed by atoms with Crippen LogP contribution in [0, 0.1) is 0 Å². The largest absolute Gasteiger partial charge is 1.00 e. The Hall–Kier alpha value is -0.850. The van der Waals surface area contributed by atoms with E-state index in [0.717, 1.165) is 47.3 Å². The summed E-state index contributed by atoms with van der Waals surface area (Å²) in [7, 11) is 0. The van der Waals surface area contributed by atoms with Gasteiger partial charge < -0.3 is 75.8 Å². The Morgan fingerprint density at radius 1 is 0.185 bits per heavy atom. The summed E-state index contributed by atoms with van der Waals surface area (Å²) < 4.78 is 83.4. The van der Waals surface area contributed by atoms with Crippen LogP contribution in [0.25, 0.3) is 0 Å². The van der Waals surface area contributed by atoms with E-state index in [1.54, 1.807) is 44.5 Å². The molecule has 0 aromatic heterocycles. The number of ether oxygens (including phenoxy) is 16. The van der Waals surface area contributed by atoms with Gasteiger partial charge in [0.1, 0.15) is 0 Å². The second-order valence-electron chi connectivity index (χ2n) is 24.4. The molecular weight excluding hydrogens is 1150 g/mol. The molecule has 8 aliphatic carbocycles. The molecule has 4 aromatic rings. The van der Waals surface area contributed by atoms with Gasteiger partial charge in [0.15, 0.2) is 0 Å². The van der Waals surface area contributed by atoms with E-state index < -0.39 is 0 Å². The van der Waals surface area contributed by atoms with Crippen molar-refractivity contribution in [2.75, 3.05) is 211 Å². The average Bonchev–Trinajstić information content (AvgIpc) is 1.67. The van der Waals surface area contributed by atoms with Gasteiger partial charge in [0.05, 0.1) is 211 Å². The normalized spacial score (nSPS) is 27.7. The van der Waals surface area contributed by atoms with Crippen molar-refractivity contribution in [3.63, 3.8) is 0 Å². The van der Waals surface area contributed by atoms with Crippen molar-refractivity contribution in [3.8, 4) is 0 Å². The van der Waals surface area contributed by atoms with Crippen LogP contribution in [0.1, 0.15) is 169 Å². The maximum absolute atomic E-state index is 5.22. The summed E-state index contributed by atoms with van der Waals surface area (Å²) in [6.45, 7) is 20.6. The van der Waals surface area contributed by atoms with Crippen LogP contribution in [0.2, 0.25) is 0 Å². The van der Waals surface area contributed by atoms with E-state index >= 15 is 0 Å². The van der Waals surface area contributed by atoms with Crippen molar-refractivity contribution in [3.05, 3.63) is 117 Å². The third-order valence-electron chi connectivity index (χ3n) is 18.7. The van der Waals surface area contributed by atoms with E-state index in [-0.39, 0.29) is 75.4 Å². The van der Waals surface area contributed by atoms with E-state index in [0.29, 0.717) is 211 Å². The van der Waals surface area contributed by atoms with Crippen LogP contribution in [0.4, 0.5) is 0 Å². The first-order valence-electron chi connectivity index (χ1n) is 34.1. The molecule has 4 aromatic carbocycles. The third-order valence-corrected chi connectivity index (χ3v) is 18.7. The Bertz CT molecular complexity index is 1790. The number of rotatable bonds is 0. The third kappa shape index (κ3) is 28.8. The van der Waals surface area contributed by atoms with Crippen LogP contribution >= 0.6 is 0 Å². The Labute approximate surface area is 600 Å². The minimum absolute atomic E-state index is 0. The van der Waals surface area contributed by atoms with E-state index in [1.807, 2.05) is 0 Å². The fourth-order valence-electron chi connectivity index (χ4n) is 14.5. The van der Waals surface area contributed by atoms with Gasteiger partial charge in [0, 0.05) is 0 Å². The molecule has 0 spiro atoms. The van der Waals surface area contributed by atoms with Gasteiger partial charge in [-0.05, 0) is 49.4 Å². The molecule has 8 fully saturated rings. The Morgan fingerprint density at radius 2 is 0.304 bits per heavy atom.